The Bertz CT molecular complexity index is 1270. The number of nitrogens with one attached hydrogen (secondary N) is 1. The van der Waals surface area contributed by atoms with E-state index >= 15 is 0 Å². The fourth-order valence-corrected chi connectivity index (χ4v) is 3.16. The third-order valence-corrected chi connectivity index (χ3v) is 5.07. The number of aromatic nitrogens is 3. The largest absolute Gasteiger partial charge is 0.497 e. The minimum absolute atomic E-state index is 0.296. The van der Waals surface area contributed by atoms with Gasteiger partial charge in [-0.25, -0.2) is 4.39 Å². The van der Waals surface area contributed by atoms with E-state index in [1.807, 2.05) is 24.3 Å². The van der Waals surface area contributed by atoms with Crippen LogP contribution in [0.1, 0.15) is 15.9 Å². The van der Waals surface area contributed by atoms with Gasteiger partial charge in [-0.1, -0.05) is 35.9 Å². The summed E-state index contributed by atoms with van der Waals surface area (Å²) in [6, 6.07) is 20.4. The Kier molecular flexibility index (Phi) is 6.80. The third kappa shape index (κ3) is 5.64. The van der Waals surface area contributed by atoms with Gasteiger partial charge in [-0.2, -0.15) is 9.67 Å². The lowest BCUT2D eigenvalue weighted by Crippen LogP contribution is -2.14. The molecule has 8 heteroatoms. The average molecular weight is 463 g/mol. The zero-order valence-corrected chi connectivity index (χ0v) is 18.5. The van der Waals surface area contributed by atoms with E-state index in [0.29, 0.717) is 34.7 Å². The molecule has 0 aliphatic carbocycles. The molecule has 0 amide bonds. The Morgan fingerprint density at radius 1 is 1.06 bits per heavy atom. The maximum Gasteiger partial charge on any atom is 0.274 e. The molecule has 4 rings (SSSR count). The predicted octanol–water partition coefficient (Wildman–Crippen LogP) is 5.71. The molecule has 0 saturated carbocycles. The second-order valence-corrected chi connectivity index (χ2v) is 7.54. The summed E-state index contributed by atoms with van der Waals surface area (Å²) in [5.41, 5.74) is 2.39. The summed E-state index contributed by atoms with van der Waals surface area (Å²) < 4.78 is 19.5. The summed E-state index contributed by atoms with van der Waals surface area (Å²) >= 11 is 5.95. The van der Waals surface area contributed by atoms with Gasteiger partial charge in [0.2, 0.25) is 5.95 Å². The van der Waals surface area contributed by atoms with Crippen molar-refractivity contribution >= 4 is 29.5 Å². The van der Waals surface area contributed by atoms with Crippen molar-refractivity contribution in [3.8, 4) is 17.1 Å². The molecule has 0 unspecified atom stereocenters. The number of hydrogen-bond acceptors (Lipinski definition) is 5. The number of benzene rings is 3. The first-order valence-electron chi connectivity index (χ1n) is 10.1. The molecule has 3 aromatic carbocycles. The number of allylic oxidation sites excluding steroid dienone is 1. The van der Waals surface area contributed by atoms with E-state index < -0.39 is 5.91 Å². The second kappa shape index (κ2) is 10.1. The summed E-state index contributed by atoms with van der Waals surface area (Å²) in [5, 5.41) is 8.22. The van der Waals surface area contributed by atoms with E-state index in [1.54, 1.807) is 49.6 Å². The number of carbonyl (C=O) groups excluding carboxylic acids is 1. The lowest BCUT2D eigenvalue weighted by Gasteiger charge is -2.06. The number of anilines is 1. The van der Waals surface area contributed by atoms with Crippen LogP contribution < -0.4 is 10.1 Å². The lowest BCUT2D eigenvalue weighted by molar-refractivity contribution is 0.0957. The van der Waals surface area contributed by atoms with Gasteiger partial charge in [0.25, 0.3) is 5.91 Å². The van der Waals surface area contributed by atoms with E-state index in [-0.39, 0.29) is 5.82 Å². The number of ether oxygens (including phenoxy) is 1. The Labute approximate surface area is 195 Å². The molecule has 0 atom stereocenters. The van der Waals surface area contributed by atoms with Crippen LogP contribution in [0.25, 0.3) is 17.5 Å². The van der Waals surface area contributed by atoms with E-state index in [9.17, 15) is 9.18 Å². The molecule has 4 aromatic rings. The Balaban J connectivity index is 1.61. The smallest absolute Gasteiger partial charge is 0.274 e. The van der Waals surface area contributed by atoms with Gasteiger partial charge in [0.15, 0.2) is 5.82 Å². The minimum atomic E-state index is -0.398. The lowest BCUT2D eigenvalue weighted by atomic mass is 10.2. The van der Waals surface area contributed by atoms with E-state index in [0.717, 1.165) is 11.1 Å². The molecule has 0 bridgehead atoms. The second-order valence-electron chi connectivity index (χ2n) is 7.10. The zero-order chi connectivity index (χ0) is 23.2. The van der Waals surface area contributed by atoms with Crippen molar-refractivity contribution in [2.24, 2.45) is 0 Å². The SMILES string of the molecule is COc1ccc(-c2nc(NCc3ccc(Cl)cc3)n(C(=O)C=Cc3ccc(F)cc3)n2)cc1. The Morgan fingerprint density at radius 2 is 1.76 bits per heavy atom. The topological polar surface area (TPSA) is 69.0 Å². The molecule has 0 fully saturated rings. The molecular weight excluding hydrogens is 443 g/mol. The number of methoxy groups -OCH3 is 1. The van der Waals surface area contributed by atoms with Crippen LogP contribution in [-0.2, 0) is 6.54 Å². The van der Waals surface area contributed by atoms with Crippen molar-refractivity contribution in [3.63, 3.8) is 0 Å². The highest BCUT2D eigenvalue weighted by Gasteiger charge is 2.16. The van der Waals surface area contributed by atoms with Crippen LogP contribution in [0.2, 0.25) is 5.02 Å². The van der Waals surface area contributed by atoms with Gasteiger partial charge in [-0.3, -0.25) is 4.79 Å². The van der Waals surface area contributed by atoms with E-state index in [1.165, 1.54) is 22.9 Å². The van der Waals surface area contributed by atoms with Crippen molar-refractivity contribution in [1.82, 2.24) is 14.8 Å². The number of carbonyl (C=O) groups is 1. The van der Waals surface area contributed by atoms with Gasteiger partial charge in [0.05, 0.1) is 7.11 Å². The van der Waals surface area contributed by atoms with Crippen molar-refractivity contribution in [1.29, 1.82) is 0 Å². The van der Waals surface area contributed by atoms with Gasteiger partial charge in [0, 0.05) is 23.2 Å². The quantitative estimate of drug-likeness (QED) is 0.356. The summed E-state index contributed by atoms with van der Waals surface area (Å²) in [5.74, 6) is 0.652. The molecule has 166 valence electrons. The molecule has 0 aliphatic rings. The number of hydrogen-bond donors (Lipinski definition) is 1. The number of nitrogens with zero attached hydrogens (tertiary/aromatic N) is 3. The van der Waals surface area contributed by atoms with Gasteiger partial charge in [-0.15, -0.1) is 5.10 Å². The average Bonchev–Trinajstić information content (AvgIpc) is 3.27. The first-order valence-corrected chi connectivity index (χ1v) is 10.5. The molecule has 1 aromatic heterocycles. The fraction of sp³-hybridized carbons (Fsp3) is 0.0800. The fourth-order valence-electron chi connectivity index (χ4n) is 3.04. The number of halogens is 2. The van der Waals surface area contributed by atoms with Crippen LogP contribution in [0.15, 0.2) is 78.9 Å². The highest BCUT2D eigenvalue weighted by Crippen LogP contribution is 2.22. The van der Waals surface area contributed by atoms with E-state index in [2.05, 4.69) is 15.4 Å². The third-order valence-electron chi connectivity index (χ3n) is 4.82. The zero-order valence-electron chi connectivity index (χ0n) is 17.7. The maximum absolute atomic E-state index is 13.1. The van der Waals surface area contributed by atoms with Crippen LogP contribution in [0.4, 0.5) is 10.3 Å². The molecule has 0 aliphatic heterocycles. The van der Waals surface area contributed by atoms with Crippen molar-refractivity contribution in [2.45, 2.75) is 6.54 Å². The van der Waals surface area contributed by atoms with Gasteiger partial charge >= 0.3 is 0 Å². The summed E-state index contributed by atoms with van der Waals surface area (Å²) in [6.45, 7) is 0.423. The molecule has 0 saturated heterocycles. The molecule has 33 heavy (non-hydrogen) atoms. The van der Waals surface area contributed by atoms with Gasteiger partial charge in [-0.05, 0) is 65.7 Å². The molecule has 1 heterocycles. The van der Waals surface area contributed by atoms with E-state index in [4.69, 9.17) is 16.3 Å². The van der Waals surface area contributed by atoms with Crippen LogP contribution in [-0.4, -0.2) is 27.8 Å². The normalized spacial score (nSPS) is 11.0. The standard InChI is InChI=1S/C25H20ClFN4O2/c1-33-22-13-7-19(8-14-22)24-29-25(28-16-18-2-9-20(26)10-3-18)31(30-24)23(32)15-6-17-4-11-21(27)12-5-17/h2-15H,16H2,1H3,(H,28,29,30). The summed E-state index contributed by atoms with van der Waals surface area (Å²) in [6.07, 6.45) is 2.96. The number of rotatable bonds is 7. The molecule has 0 spiro atoms. The molecular formula is C25H20ClFN4O2. The van der Waals surface area contributed by atoms with Crippen LogP contribution in [0.5, 0.6) is 5.75 Å². The van der Waals surface area contributed by atoms with Crippen molar-refractivity contribution < 1.29 is 13.9 Å². The minimum Gasteiger partial charge on any atom is -0.497 e. The first-order chi connectivity index (χ1) is 16.0. The van der Waals surface area contributed by atoms with Crippen molar-refractivity contribution in [2.75, 3.05) is 12.4 Å². The monoisotopic (exact) mass is 462 g/mol. The van der Waals surface area contributed by atoms with Gasteiger partial charge in [0.1, 0.15) is 11.6 Å². The summed E-state index contributed by atoms with van der Waals surface area (Å²) in [7, 11) is 1.59. The maximum atomic E-state index is 13.1. The van der Waals surface area contributed by atoms with Crippen LogP contribution >= 0.6 is 11.6 Å². The van der Waals surface area contributed by atoms with Crippen LogP contribution in [0.3, 0.4) is 0 Å². The molecule has 6 nitrogen and oxygen atoms in total. The predicted molar refractivity (Wildman–Crippen MR) is 127 cm³/mol. The highest BCUT2D eigenvalue weighted by molar-refractivity contribution is 6.30. The van der Waals surface area contributed by atoms with Crippen molar-refractivity contribution in [3.05, 3.63) is 101 Å². The highest BCUT2D eigenvalue weighted by atomic mass is 35.5. The molecule has 0 radical (unpaired) electrons. The summed E-state index contributed by atoms with van der Waals surface area (Å²) in [4.78, 5) is 17.5. The Morgan fingerprint density at radius 3 is 2.42 bits per heavy atom. The van der Waals surface area contributed by atoms with Crippen LogP contribution in [0, 0.1) is 5.82 Å². The Hall–Kier alpha value is -3.97. The molecule has 1 N–H and O–H groups in total. The van der Waals surface area contributed by atoms with Gasteiger partial charge < -0.3 is 10.1 Å². The first kappa shape index (κ1) is 22.2.